The minimum absolute atomic E-state index is 0.121. The molecule has 0 spiro atoms. The van der Waals surface area contributed by atoms with Gasteiger partial charge in [0, 0.05) is 36.6 Å². The zero-order valence-electron chi connectivity index (χ0n) is 15.4. The van der Waals surface area contributed by atoms with Crippen LogP contribution >= 0.6 is 15.9 Å². The molecule has 1 atom stereocenters. The Labute approximate surface area is 166 Å². The highest BCUT2D eigenvalue weighted by Crippen LogP contribution is 2.39. The molecule has 0 aliphatic heterocycles. The van der Waals surface area contributed by atoms with E-state index >= 15 is 0 Å². The maximum Gasteiger partial charge on any atom is 0.188 e. The number of ether oxygens (including phenoxy) is 2. The lowest BCUT2D eigenvalue weighted by molar-refractivity contribution is 0.0515. The lowest BCUT2D eigenvalue weighted by atomic mass is 10.1. The summed E-state index contributed by atoms with van der Waals surface area (Å²) in [6.45, 7) is 0.181. The first-order valence-electron chi connectivity index (χ1n) is 8.95. The Morgan fingerprint density at radius 3 is 2.78 bits per heavy atom. The molecule has 7 nitrogen and oxygen atoms in total. The molecule has 1 saturated carbocycles. The van der Waals surface area contributed by atoms with Crippen LogP contribution in [0.15, 0.2) is 41.4 Å². The molecule has 3 heterocycles. The minimum atomic E-state index is 0.121. The van der Waals surface area contributed by atoms with Crippen LogP contribution in [0.5, 0.6) is 5.75 Å². The van der Waals surface area contributed by atoms with Crippen molar-refractivity contribution in [3.63, 3.8) is 0 Å². The van der Waals surface area contributed by atoms with E-state index in [-0.39, 0.29) is 12.8 Å². The molecule has 27 heavy (non-hydrogen) atoms. The monoisotopic (exact) mass is 431 g/mol. The molecule has 1 fully saturated rings. The van der Waals surface area contributed by atoms with Gasteiger partial charge in [-0.05, 0) is 40.4 Å². The third-order valence-electron chi connectivity index (χ3n) is 4.78. The number of pyridine rings is 1. The van der Waals surface area contributed by atoms with E-state index in [1.807, 2.05) is 36.4 Å². The fourth-order valence-electron chi connectivity index (χ4n) is 3.22. The molecule has 0 N–H and O–H groups in total. The molecule has 142 valence electrons. The van der Waals surface area contributed by atoms with Crippen molar-refractivity contribution >= 4 is 15.9 Å². The van der Waals surface area contributed by atoms with Gasteiger partial charge in [-0.3, -0.25) is 14.3 Å². The van der Waals surface area contributed by atoms with Crippen molar-refractivity contribution in [3.8, 4) is 17.0 Å². The van der Waals surface area contributed by atoms with E-state index < -0.39 is 0 Å². The summed E-state index contributed by atoms with van der Waals surface area (Å²) in [6, 6.07) is 4.22. The van der Waals surface area contributed by atoms with Crippen molar-refractivity contribution in [1.29, 1.82) is 0 Å². The Bertz CT molecular complexity index is 901. The lowest BCUT2D eigenvalue weighted by Gasteiger charge is -2.17. The highest BCUT2D eigenvalue weighted by Gasteiger charge is 2.29. The maximum atomic E-state index is 5.64. The zero-order chi connectivity index (χ0) is 18.8. The first-order valence-corrected chi connectivity index (χ1v) is 9.74. The Balaban J connectivity index is 1.65. The molecular weight excluding hydrogens is 410 g/mol. The van der Waals surface area contributed by atoms with Gasteiger partial charge in [0.05, 0.1) is 24.1 Å². The largest absolute Gasteiger partial charge is 0.464 e. The van der Waals surface area contributed by atoms with Crippen LogP contribution in [-0.4, -0.2) is 38.4 Å². The van der Waals surface area contributed by atoms with E-state index in [4.69, 9.17) is 9.47 Å². The Hall–Kier alpha value is -2.19. The van der Waals surface area contributed by atoms with E-state index in [9.17, 15) is 0 Å². The Morgan fingerprint density at radius 2 is 2.07 bits per heavy atom. The molecule has 0 aromatic carbocycles. The highest BCUT2D eigenvalue weighted by atomic mass is 79.9. The fourth-order valence-corrected chi connectivity index (χ4v) is 3.46. The van der Waals surface area contributed by atoms with Crippen LogP contribution in [0.3, 0.4) is 0 Å². The van der Waals surface area contributed by atoms with E-state index in [0.29, 0.717) is 5.75 Å². The van der Waals surface area contributed by atoms with E-state index in [1.165, 1.54) is 12.8 Å². The van der Waals surface area contributed by atoms with Crippen LogP contribution in [0.25, 0.3) is 11.3 Å². The van der Waals surface area contributed by atoms with Crippen molar-refractivity contribution in [2.45, 2.75) is 25.3 Å². The number of rotatable bonds is 8. The summed E-state index contributed by atoms with van der Waals surface area (Å²) < 4.78 is 15.4. The number of nitrogens with zero attached hydrogens (tertiary/aromatic N) is 5. The van der Waals surface area contributed by atoms with Gasteiger partial charge < -0.3 is 9.47 Å². The first-order chi connectivity index (χ1) is 13.2. The summed E-state index contributed by atoms with van der Waals surface area (Å²) >= 11 is 3.46. The Kier molecular flexibility index (Phi) is 5.27. The SMILES string of the molecule is COCOc1cnn(C)c1-c1cnn(C(CC2CC2)c2ccc(Br)cn2)c1. The molecule has 0 radical (unpaired) electrons. The Morgan fingerprint density at radius 1 is 1.22 bits per heavy atom. The van der Waals surface area contributed by atoms with Gasteiger partial charge in [0.2, 0.25) is 0 Å². The second kappa shape index (κ2) is 7.82. The minimum Gasteiger partial charge on any atom is -0.464 e. The number of hydrogen-bond acceptors (Lipinski definition) is 5. The quantitative estimate of drug-likeness (QED) is 0.507. The van der Waals surface area contributed by atoms with E-state index in [2.05, 4.69) is 37.2 Å². The third-order valence-corrected chi connectivity index (χ3v) is 5.25. The van der Waals surface area contributed by atoms with Gasteiger partial charge in [-0.1, -0.05) is 12.8 Å². The van der Waals surface area contributed by atoms with Crippen LogP contribution in [-0.2, 0) is 11.8 Å². The van der Waals surface area contributed by atoms with Crippen molar-refractivity contribution < 1.29 is 9.47 Å². The summed E-state index contributed by atoms with van der Waals surface area (Å²) in [5.41, 5.74) is 2.87. The summed E-state index contributed by atoms with van der Waals surface area (Å²) in [5.74, 6) is 1.44. The van der Waals surface area contributed by atoms with Crippen LogP contribution in [0.1, 0.15) is 31.0 Å². The van der Waals surface area contributed by atoms with Gasteiger partial charge in [0.25, 0.3) is 0 Å². The van der Waals surface area contributed by atoms with Crippen LogP contribution in [0.4, 0.5) is 0 Å². The number of aromatic nitrogens is 5. The summed E-state index contributed by atoms with van der Waals surface area (Å²) in [6.07, 6.45) is 11.1. The van der Waals surface area contributed by atoms with Crippen molar-refractivity contribution in [2.75, 3.05) is 13.9 Å². The van der Waals surface area contributed by atoms with Crippen molar-refractivity contribution in [2.24, 2.45) is 13.0 Å². The second-order valence-electron chi connectivity index (χ2n) is 6.84. The number of aryl methyl sites for hydroxylation is 1. The van der Waals surface area contributed by atoms with Gasteiger partial charge in [0.15, 0.2) is 12.5 Å². The summed E-state index contributed by atoms with van der Waals surface area (Å²) in [4.78, 5) is 4.62. The molecule has 3 aromatic heterocycles. The number of methoxy groups -OCH3 is 1. The molecule has 1 aliphatic carbocycles. The van der Waals surface area contributed by atoms with Gasteiger partial charge in [0.1, 0.15) is 5.69 Å². The predicted octanol–water partition coefficient (Wildman–Crippen LogP) is 3.81. The number of halogens is 1. The average molecular weight is 432 g/mol. The normalized spacial score (nSPS) is 15.1. The molecule has 0 amide bonds. The topological polar surface area (TPSA) is 67.0 Å². The molecule has 8 heteroatoms. The van der Waals surface area contributed by atoms with Crippen LogP contribution < -0.4 is 4.74 Å². The predicted molar refractivity (Wildman–Crippen MR) is 104 cm³/mol. The maximum absolute atomic E-state index is 5.64. The summed E-state index contributed by atoms with van der Waals surface area (Å²) in [7, 11) is 3.49. The van der Waals surface area contributed by atoms with Gasteiger partial charge in [-0.15, -0.1) is 0 Å². The fraction of sp³-hybridized carbons (Fsp3) is 0.421. The molecular formula is C19H22BrN5O2. The summed E-state index contributed by atoms with van der Waals surface area (Å²) in [5, 5.41) is 8.96. The average Bonchev–Trinajstić information content (AvgIpc) is 3.24. The van der Waals surface area contributed by atoms with Crippen LogP contribution in [0, 0.1) is 5.92 Å². The molecule has 0 bridgehead atoms. The van der Waals surface area contributed by atoms with E-state index in [0.717, 1.165) is 33.8 Å². The van der Waals surface area contributed by atoms with Gasteiger partial charge in [-0.2, -0.15) is 10.2 Å². The van der Waals surface area contributed by atoms with Crippen molar-refractivity contribution in [3.05, 3.63) is 47.1 Å². The van der Waals surface area contributed by atoms with Crippen molar-refractivity contribution in [1.82, 2.24) is 24.5 Å². The first kappa shape index (κ1) is 18.2. The van der Waals surface area contributed by atoms with Gasteiger partial charge in [-0.25, -0.2) is 0 Å². The second-order valence-corrected chi connectivity index (χ2v) is 7.75. The number of hydrogen-bond donors (Lipinski definition) is 0. The molecule has 3 aromatic rings. The smallest absolute Gasteiger partial charge is 0.188 e. The molecule has 1 unspecified atom stereocenters. The highest BCUT2D eigenvalue weighted by molar-refractivity contribution is 9.10. The third kappa shape index (κ3) is 4.06. The molecule has 1 aliphatic rings. The standard InChI is InChI=1S/C19H22BrN5O2/c1-24-19(18(10-22-24)27-12-26-2)14-8-23-25(11-14)17(7-13-3-4-13)16-6-5-15(20)9-21-16/h5-6,8-11,13,17H,3-4,7,12H2,1-2H3. The zero-order valence-corrected chi connectivity index (χ0v) is 17.0. The lowest BCUT2D eigenvalue weighted by Crippen LogP contribution is -2.13. The molecule has 0 saturated heterocycles. The molecule has 4 rings (SSSR count). The van der Waals surface area contributed by atoms with Crippen LogP contribution in [0.2, 0.25) is 0 Å². The van der Waals surface area contributed by atoms with E-state index in [1.54, 1.807) is 18.0 Å². The van der Waals surface area contributed by atoms with Gasteiger partial charge >= 0.3 is 0 Å².